The molecule has 0 radical (unpaired) electrons. The maximum atomic E-state index is 11.4. The van der Waals surface area contributed by atoms with Crippen molar-refractivity contribution in [2.45, 2.75) is 18.4 Å². The number of nitrogens with zero attached hydrogens (tertiary/aromatic N) is 1. The van der Waals surface area contributed by atoms with Crippen LogP contribution >= 0.6 is 0 Å². The molecule has 1 heterocycles. The molecule has 0 aromatic heterocycles. The third-order valence-corrected chi connectivity index (χ3v) is 6.05. The number of anilines is 1. The molecule has 5 heteroatoms. The van der Waals surface area contributed by atoms with Crippen molar-refractivity contribution in [3.8, 4) is 5.75 Å². The lowest BCUT2D eigenvalue weighted by Crippen LogP contribution is -2.30. The highest BCUT2D eigenvalue weighted by atomic mass is 16.6. The fourth-order valence-electron chi connectivity index (χ4n) is 4.83. The van der Waals surface area contributed by atoms with Gasteiger partial charge < -0.3 is 10.1 Å². The third kappa shape index (κ3) is 2.54. The molecule has 28 heavy (non-hydrogen) atoms. The zero-order chi connectivity index (χ0) is 19.3. The molecule has 5 nitrogen and oxygen atoms in total. The second-order valence-corrected chi connectivity index (χ2v) is 7.47. The molecule has 0 unspecified atom stereocenters. The molecular weight excluding hydrogens is 352 g/mol. The molecule has 2 aliphatic rings. The number of ether oxygens (including phenoxy) is 1. The van der Waals surface area contributed by atoms with Gasteiger partial charge in [0.2, 0.25) is 0 Å². The van der Waals surface area contributed by atoms with Gasteiger partial charge in [0.05, 0.1) is 18.1 Å². The van der Waals surface area contributed by atoms with Crippen molar-refractivity contribution in [2.24, 2.45) is 5.92 Å². The van der Waals surface area contributed by atoms with Crippen molar-refractivity contribution in [2.75, 3.05) is 12.4 Å². The van der Waals surface area contributed by atoms with Gasteiger partial charge in [0.1, 0.15) is 5.75 Å². The zero-order valence-corrected chi connectivity index (χ0v) is 15.5. The molecule has 1 aliphatic carbocycles. The van der Waals surface area contributed by atoms with E-state index in [1.807, 2.05) is 18.2 Å². The van der Waals surface area contributed by atoms with Gasteiger partial charge in [-0.15, -0.1) is 0 Å². The molecule has 1 N–H and O–H groups in total. The summed E-state index contributed by atoms with van der Waals surface area (Å²) in [6.07, 6.45) is 0.942. The molecule has 5 rings (SSSR count). The summed E-state index contributed by atoms with van der Waals surface area (Å²) in [4.78, 5) is 11.0. The standard InChI is InChI=1S/C23H20N2O3/c1-28-17-7-4-6-15(11-17)23-20-12-14-5-2-3-8-18(14)22(20)19-13-16(25(26)27)9-10-21(19)24-23/h2-11,13,20,22-24H,12H2,1H3/t20-,22-,23+/m1/s1. The van der Waals surface area contributed by atoms with Gasteiger partial charge in [-0.3, -0.25) is 10.1 Å². The smallest absolute Gasteiger partial charge is 0.269 e. The van der Waals surface area contributed by atoms with Crippen molar-refractivity contribution in [3.05, 3.63) is 99.1 Å². The second-order valence-electron chi connectivity index (χ2n) is 7.47. The van der Waals surface area contributed by atoms with E-state index in [1.165, 1.54) is 16.7 Å². The van der Waals surface area contributed by atoms with Gasteiger partial charge in [0.25, 0.3) is 5.69 Å². The van der Waals surface area contributed by atoms with Gasteiger partial charge in [0, 0.05) is 23.7 Å². The van der Waals surface area contributed by atoms with E-state index in [0.717, 1.165) is 23.4 Å². The lowest BCUT2D eigenvalue weighted by Gasteiger charge is -2.38. The Morgan fingerprint density at radius 2 is 1.89 bits per heavy atom. The molecule has 1 aliphatic heterocycles. The van der Waals surface area contributed by atoms with Crippen LogP contribution in [0.3, 0.4) is 0 Å². The molecule has 3 atom stereocenters. The number of nitro groups is 1. The minimum absolute atomic E-state index is 0.112. The van der Waals surface area contributed by atoms with Crippen LogP contribution in [0.5, 0.6) is 5.75 Å². The van der Waals surface area contributed by atoms with Crippen molar-refractivity contribution in [1.82, 2.24) is 0 Å². The minimum Gasteiger partial charge on any atom is -0.497 e. The zero-order valence-electron chi connectivity index (χ0n) is 15.5. The van der Waals surface area contributed by atoms with Crippen LogP contribution in [0.1, 0.15) is 34.2 Å². The number of benzene rings is 3. The largest absolute Gasteiger partial charge is 0.497 e. The SMILES string of the molecule is COc1cccc([C@@H]2Nc3ccc([N+](=O)[O-])cc3[C@H]3c4ccccc4C[C@H]32)c1. The second kappa shape index (κ2) is 6.37. The van der Waals surface area contributed by atoms with E-state index in [2.05, 4.69) is 41.7 Å². The molecule has 0 amide bonds. The van der Waals surface area contributed by atoms with Crippen LogP contribution < -0.4 is 10.1 Å². The summed E-state index contributed by atoms with van der Waals surface area (Å²) >= 11 is 0. The first-order valence-corrected chi connectivity index (χ1v) is 9.42. The maximum absolute atomic E-state index is 11.4. The van der Waals surface area contributed by atoms with Crippen LogP contribution in [0.15, 0.2) is 66.7 Å². The lowest BCUT2D eigenvalue weighted by atomic mass is 9.75. The van der Waals surface area contributed by atoms with Crippen LogP contribution in [0.4, 0.5) is 11.4 Å². The van der Waals surface area contributed by atoms with Gasteiger partial charge in [-0.2, -0.15) is 0 Å². The van der Waals surface area contributed by atoms with Crippen LogP contribution in [0.2, 0.25) is 0 Å². The first-order valence-electron chi connectivity index (χ1n) is 9.42. The highest BCUT2D eigenvalue weighted by Crippen LogP contribution is 2.54. The van der Waals surface area contributed by atoms with Crippen molar-refractivity contribution in [1.29, 1.82) is 0 Å². The molecule has 140 valence electrons. The minimum atomic E-state index is -0.315. The molecular formula is C23H20N2O3. The van der Waals surface area contributed by atoms with E-state index in [9.17, 15) is 10.1 Å². The molecule has 3 aromatic carbocycles. The fraction of sp³-hybridized carbons (Fsp3) is 0.217. The van der Waals surface area contributed by atoms with E-state index < -0.39 is 0 Å². The van der Waals surface area contributed by atoms with E-state index in [4.69, 9.17) is 4.74 Å². The first kappa shape index (κ1) is 16.8. The third-order valence-electron chi connectivity index (χ3n) is 6.05. The van der Waals surface area contributed by atoms with Gasteiger partial charge >= 0.3 is 0 Å². The highest BCUT2D eigenvalue weighted by molar-refractivity contribution is 5.65. The van der Waals surface area contributed by atoms with Gasteiger partial charge in [-0.05, 0) is 52.8 Å². The average Bonchev–Trinajstić information content (AvgIpc) is 3.12. The number of nitrogens with one attached hydrogen (secondary N) is 1. The fourth-order valence-corrected chi connectivity index (χ4v) is 4.83. The molecule has 0 bridgehead atoms. The van der Waals surface area contributed by atoms with Crippen LogP contribution in [0, 0.1) is 16.0 Å². The number of hydrogen-bond acceptors (Lipinski definition) is 4. The first-order chi connectivity index (χ1) is 13.7. The highest BCUT2D eigenvalue weighted by Gasteiger charge is 2.43. The summed E-state index contributed by atoms with van der Waals surface area (Å²) in [6.45, 7) is 0. The summed E-state index contributed by atoms with van der Waals surface area (Å²) in [6, 6.07) is 21.9. The average molecular weight is 372 g/mol. The Morgan fingerprint density at radius 3 is 2.71 bits per heavy atom. The van der Waals surface area contributed by atoms with Crippen molar-refractivity contribution >= 4 is 11.4 Å². The van der Waals surface area contributed by atoms with Gasteiger partial charge in [-0.1, -0.05) is 36.4 Å². The number of fused-ring (bicyclic) bond motifs is 5. The molecule has 3 aromatic rings. The summed E-state index contributed by atoms with van der Waals surface area (Å²) < 4.78 is 5.43. The van der Waals surface area contributed by atoms with Gasteiger partial charge in [0.15, 0.2) is 0 Å². The monoisotopic (exact) mass is 372 g/mol. The molecule has 0 saturated carbocycles. The quantitative estimate of drug-likeness (QED) is 0.515. The Morgan fingerprint density at radius 1 is 1.04 bits per heavy atom. The Labute approximate surface area is 163 Å². The summed E-state index contributed by atoms with van der Waals surface area (Å²) in [5.74, 6) is 1.27. The van der Waals surface area contributed by atoms with Crippen molar-refractivity contribution in [3.63, 3.8) is 0 Å². The lowest BCUT2D eigenvalue weighted by molar-refractivity contribution is -0.384. The van der Waals surface area contributed by atoms with Crippen molar-refractivity contribution < 1.29 is 9.66 Å². The number of hydrogen-bond donors (Lipinski definition) is 1. The Kier molecular flexibility index (Phi) is 3.83. The number of nitro benzene ring substituents is 1. The normalized spacial score (nSPS) is 21.8. The Hall–Kier alpha value is -3.34. The molecule has 0 spiro atoms. The molecule has 0 saturated heterocycles. The maximum Gasteiger partial charge on any atom is 0.269 e. The summed E-state index contributed by atoms with van der Waals surface area (Å²) in [5, 5.41) is 15.0. The van der Waals surface area contributed by atoms with E-state index >= 15 is 0 Å². The van der Waals surface area contributed by atoms with E-state index in [0.29, 0.717) is 5.92 Å². The topological polar surface area (TPSA) is 64.4 Å². The summed E-state index contributed by atoms with van der Waals surface area (Å²) in [5.41, 5.74) is 5.91. The number of non-ortho nitro benzene ring substituents is 1. The number of rotatable bonds is 3. The molecule has 0 fully saturated rings. The van der Waals surface area contributed by atoms with E-state index in [1.54, 1.807) is 19.2 Å². The number of methoxy groups -OCH3 is 1. The van der Waals surface area contributed by atoms with E-state index in [-0.39, 0.29) is 22.6 Å². The predicted molar refractivity (Wildman–Crippen MR) is 108 cm³/mol. The van der Waals surface area contributed by atoms with Crippen LogP contribution in [-0.4, -0.2) is 12.0 Å². The van der Waals surface area contributed by atoms with Crippen LogP contribution in [-0.2, 0) is 6.42 Å². The van der Waals surface area contributed by atoms with Crippen LogP contribution in [0.25, 0.3) is 0 Å². The Bertz CT molecular complexity index is 1080. The Balaban J connectivity index is 1.67. The predicted octanol–water partition coefficient (Wildman–Crippen LogP) is 5.07. The summed E-state index contributed by atoms with van der Waals surface area (Å²) in [7, 11) is 1.68. The van der Waals surface area contributed by atoms with Gasteiger partial charge in [-0.25, -0.2) is 0 Å².